The molecule has 0 aliphatic carbocycles. The summed E-state index contributed by atoms with van der Waals surface area (Å²) in [5.41, 5.74) is 3.42. The molecule has 2 heterocycles. The molecule has 2 aliphatic rings. The number of likely N-dealkylation sites (tertiary alicyclic amines) is 2. The van der Waals surface area contributed by atoms with Gasteiger partial charge in [-0.15, -0.1) is 12.4 Å². The molecule has 0 radical (unpaired) electrons. The van der Waals surface area contributed by atoms with E-state index in [1.165, 1.54) is 11.1 Å². The zero-order chi connectivity index (χ0) is 17.6. The van der Waals surface area contributed by atoms with Crippen LogP contribution >= 0.6 is 24.0 Å². The van der Waals surface area contributed by atoms with E-state index in [-0.39, 0.29) is 18.3 Å². The molecule has 4 rings (SSSR count). The molecule has 1 amide bonds. The van der Waals surface area contributed by atoms with Gasteiger partial charge in [-0.3, -0.25) is 9.69 Å². The van der Waals surface area contributed by atoms with Gasteiger partial charge in [-0.25, -0.2) is 0 Å². The molecule has 2 fully saturated rings. The minimum absolute atomic E-state index is 0. The van der Waals surface area contributed by atoms with Crippen LogP contribution in [0.2, 0.25) is 5.02 Å². The van der Waals surface area contributed by atoms with Gasteiger partial charge in [0.2, 0.25) is 0 Å². The van der Waals surface area contributed by atoms with Crippen LogP contribution in [0.3, 0.4) is 0 Å². The maximum atomic E-state index is 12.9. The highest BCUT2D eigenvalue weighted by atomic mass is 35.5. The Morgan fingerprint density at radius 1 is 1.08 bits per heavy atom. The second kappa shape index (κ2) is 7.59. The Morgan fingerprint density at radius 2 is 1.85 bits per heavy atom. The van der Waals surface area contributed by atoms with Gasteiger partial charge in [-0.2, -0.15) is 0 Å². The number of carbonyl (C=O) groups excluding carboxylic acids is 1. The van der Waals surface area contributed by atoms with Crippen molar-refractivity contribution in [2.75, 3.05) is 26.7 Å². The van der Waals surface area contributed by atoms with Crippen LogP contribution in [0.1, 0.15) is 27.5 Å². The van der Waals surface area contributed by atoms with Crippen LogP contribution in [0.4, 0.5) is 0 Å². The minimum Gasteiger partial charge on any atom is -0.338 e. The Balaban J connectivity index is 0.00000196. The van der Waals surface area contributed by atoms with Crippen molar-refractivity contribution >= 4 is 29.9 Å². The highest BCUT2D eigenvalue weighted by Crippen LogP contribution is 2.45. The molecule has 0 N–H and O–H groups in total. The predicted octanol–water partition coefficient (Wildman–Crippen LogP) is 4.45. The quantitative estimate of drug-likeness (QED) is 0.756. The van der Waals surface area contributed by atoms with E-state index in [0.29, 0.717) is 28.5 Å². The number of aryl methyl sites for hydroxylation is 1. The summed E-state index contributed by atoms with van der Waals surface area (Å²) in [5, 5.41) is 0.614. The van der Waals surface area contributed by atoms with Crippen molar-refractivity contribution in [1.29, 1.82) is 0 Å². The van der Waals surface area contributed by atoms with Crippen molar-refractivity contribution in [3.05, 3.63) is 70.2 Å². The minimum atomic E-state index is 0. The first-order valence-electron chi connectivity index (χ1n) is 8.85. The summed E-state index contributed by atoms with van der Waals surface area (Å²) in [6.07, 6.45) is 0. The zero-order valence-corrected chi connectivity index (χ0v) is 16.6. The Morgan fingerprint density at radius 3 is 2.58 bits per heavy atom. The average Bonchev–Trinajstić information content (AvgIpc) is 3.12. The van der Waals surface area contributed by atoms with Gasteiger partial charge in [0.05, 0.1) is 0 Å². The molecule has 2 aliphatic heterocycles. The number of carbonyl (C=O) groups is 1. The van der Waals surface area contributed by atoms with Crippen LogP contribution in [0.15, 0.2) is 48.5 Å². The fraction of sp³-hybridized carbons (Fsp3) is 0.381. The molecule has 2 saturated heterocycles. The lowest BCUT2D eigenvalue weighted by molar-refractivity contribution is 0.0768. The lowest BCUT2D eigenvalue weighted by atomic mass is 9.88. The third kappa shape index (κ3) is 3.36. The van der Waals surface area contributed by atoms with E-state index in [0.717, 1.165) is 19.6 Å². The number of benzene rings is 2. The smallest absolute Gasteiger partial charge is 0.253 e. The van der Waals surface area contributed by atoms with Gasteiger partial charge < -0.3 is 4.90 Å². The molecule has 2 aromatic carbocycles. The van der Waals surface area contributed by atoms with Crippen molar-refractivity contribution in [3.8, 4) is 0 Å². The molecule has 3 nitrogen and oxygen atoms in total. The number of halogens is 2. The van der Waals surface area contributed by atoms with Crippen molar-refractivity contribution in [3.63, 3.8) is 0 Å². The monoisotopic (exact) mass is 390 g/mol. The first-order valence-corrected chi connectivity index (χ1v) is 9.23. The molecule has 26 heavy (non-hydrogen) atoms. The van der Waals surface area contributed by atoms with Gasteiger partial charge in [0.25, 0.3) is 5.91 Å². The van der Waals surface area contributed by atoms with Crippen molar-refractivity contribution in [2.24, 2.45) is 11.8 Å². The van der Waals surface area contributed by atoms with E-state index in [1.54, 1.807) is 12.1 Å². The number of amides is 1. The lowest BCUT2D eigenvalue weighted by Gasteiger charge is -2.28. The molecule has 0 unspecified atom stereocenters. The maximum absolute atomic E-state index is 12.9. The van der Waals surface area contributed by atoms with E-state index in [4.69, 9.17) is 11.6 Å². The molecule has 0 spiro atoms. The lowest BCUT2D eigenvalue weighted by Crippen LogP contribution is -2.33. The van der Waals surface area contributed by atoms with Crippen LogP contribution in [0.5, 0.6) is 0 Å². The molecule has 138 valence electrons. The van der Waals surface area contributed by atoms with Gasteiger partial charge in [-0.05, 0) is 49.2 Å². The SMILES string of the molecule is Cc1ccccc1[C@H]1[C@@H]2CN(C(=O)c3cccc(Cl)c3)C[C@@H]2CN1C.Cl. The number of fused-ring (bicyclic) bond motifs is 1. The van der Waals surface area contributed by atoms with E-state index in [1.807, 2.05) is 17.0 Å². The largest absolute Gasteiger partial charge is 0.338 e. The summed E-state index contributed by atoms with van der Waals surface area (Å²) in [6.45, 7) is 4.88. The molecular formula is C21H24Cl2N2O. The Labute approximate surface area is 166 Å². The zero-order valence-electron chi connectivity index (χ0n) is 15.1. The van der Waals surface area contributed by atoms with Crippen LogP contribution in [-0.4, -0.2) is 42.4 Å². The number of nitrogens with zero attached hydrogens (tertiary/aromatic N) is 2. The third-order valence-electron chi connectivity index (χ3n) is 5.76. The maximum Gasteiger partial charge on any atom is 0.253 e. The van der Waals surface area contributed by atoms with Crippen molar-refractivity contribution in [1.82, 2.24) is 9.80 Å². The molecule has 2 aromatic rings. The van der Waals surface area contributed by atoms with E-state index < -0.39 is 0 Å². The molecule has 0 bridgehead atoms. The van der Waals surface area contributed by atoms with Crippen molar-refractivity contribution in [2.45, 2.75) is 13.0 Å². The molecule has 3 atom stereocenters. The van der Waals surface area contributed by atoms with Crippen LogP contribution in [0, 0.1) is 18.8 Å². The van der Waals surface area contributed by atoms with Crippen LogP contribution in [-0.2, 0) is 0 Å². The highest BCUT2D eigenvalue weighted by Gasteiger charge is 2.47. The van der Waals surface area contributed by atoms with Gasteiger partial charge in [-0.1, -0.05) is 41.9 Å². The summed E-state index contributed by atoms with van der Waals surface area (Å²) in [5.74, 6) is 1.13. The number of hydrogen-bond donors (Lipinski definition) is 0. The first-order chi connectivity index (χ1) is 12.0. The van der Waals surface area contributed by atoms with E-state index >= 15 is 0 Å². The molecular weight excluding hydrogens is 367 g/mol. The van der Waals surface area contributed by atoms with Crippen LogP contribution in [0.25, 0.3) is 0 Å². The molecule has 0 aromatic heterocycles. The van der Waals surface area contributed by atoms with Gasteiger partial charge in [0.1, 0.15) is 0 Å². The Bertz CT molecular complexity index is 810. The number of hydrogen-bond acceptors (Lipinski definition) is 2. The highest BCUT2D eigenvalue weighted by molar-refractivity contribution is 6.30. The summed E-state index contributed by atoms with van der Waals surface area (Å²) in [4.78, 5) is 17.3. The summed E-state index contributed by atoms with van der Waals surface area (Å²) < 4.78 is 0. The molecule has 5 heteroatoms. The topological polar surface area (TPSA) is 23.6 Å². The van der Waals surface area contributed by atoms with Crippen molar-refractivity contribution < 1.29 is 4.79 Å². The van der Waals surface area contributed by atoms with E-state index in [9.17, 15) is 4.79 Å². The van der Waals surface area contributed by atoms with Gasteiger partial charge in [0.15, 0.2) is 0 Å². The number of rotatable bonds is 2. The molecule has 0 saturated carbocycles. The second-order valence-electron chi connectivity index (χ2n) is 7.39. The normalized spacial score (nSPS) is 25.0. The third-order valence-corrected chi connectivity index (χ3v) is 6.00. The second-order valence-corrected chi connectivity index (χ2v) is 7.82. The summed E-state index contributed by atoms with van der Waals surface area (Å²) in [7, 11) is 2.21. The van der Waals surface area contributed by atoms with E-state index in [2.05, 4.69) is 43.1 Å². The van der Waals surface area contributed by atoms with Crippen LogP contribution < -0.4 is 0 Å². The standard InChI is InChI=1S/C21H23ClN2O.ClH/c1-14-6-3-4-9-18(14)20-19-13-24(12-16(19)11-23(20)2)21(25)15-7-5-8-17(22)10-15;/h3-10,16,19-20H,11-13H2,1-2H3;1H/t16-,19+,20-;/m0./s1. The summed E-state index contributed by atoms with van der Waals surface area (Å²) in [6, 6.07) is 16.3. The predicted molar refractivity (Wildman–Crippen MR) is 108 cm³/mol. The van der Waals surface area contributed by atoms with Gasteiger partial charge in [0, 0.05) is 42.2 Å². The van der Waals surface area contributed by atoms with Gasteiger partial charge >= 0.3 is 0 Å². The fourth-order valence-corrected chi connectivity index (χ4v) is 4.80. The Kier molecular flexibility index (Phi) is 5.61. The fourth-order valence-electron chi connectivity index (χ4n) is 4.61. The average molecular weight is 391 g/mol. The Hall–Kier alpha value is -1.55. The first kappa shape index (κ1) is 19.2. The summed E-state index contributed by atoms with van der Waals surface area (Å²) >= 11 is 6.05.